The van der Waals surface area contributed by atoms with Crippen molar-refractivity contribution in [3.8, 4) is 0 Å². The first-order chi connectivity index (χ1) is 15.6. The lowest BCUT2D eigenvalue weighted by molar-refractivity contribution is -0.00805. The summed E-state index contributed by atoms with van der Waals surface area (Å²) in [6.45, 7) is 11.8. The number of likely N-dealkylation sites (tertiary alicyclic amines) is 1. The molecule has 2 aliphatic rings. The number of benzene rings is 1. The summed E-state index contributed by atoms with van der Waals surface area (Å²) < 4.78 is 7.84. The minimum absolute atomic E-state index is 0. The Hall–Kier alpha value is -1.65. The lowest BCUT2D eigenvalue weighted by Gasteiger charge is -2.34. The van der Waals surface area contributed by atoms with Gasteiger partial charge in [-0.15, -0.1) is 24.0 Å². The predicted molar refractivity (Wildman–Crippen MR) is 144 cm³/mol. The number of morpholine rings is 1. The molecule has 1 unspecified atom stereocenters. The summed E-state index contributed by atoms with van der Waals surface area (Å²) in [7, 11) is 1.94. The summed E-state index contributed by atoms with van der Waals surface area (Å²) >= 11 is 0. The molecule has 7 nitrogen and oxygen atoms in total. The van der Waals surface area contributed by atoms with Gasteiger partial charge in [-0.25, -0.2) is 4.99 Å². The summed E-state index contributed by atoms with van der Waals surface area (Å²) in [5, 5.41) is 7.77. The van der Waals surface area contributed by atoms with Gasteiger partial charge in [0.25, 0.3) is 0 Å². The second-order valence-corrected chi connectivity index (χ2v) is 9.20. The second-order valence-electron chi connectivity index (χ2n) is 9.20. The van der Waals surface area contributed by atoms with Crippen molar-refractivity contribution in [2.75, 3.05) is 39.3 Å². The highest BCUT2D eigenvalue weighted by Gasteiger charge is 2.25. The summed E-state index contributed by atoms with van der Waals surface area (Å²) in [5.41, 5.74) is 3.77. The van der Waals surface area contributed by atoms with Gasteiger partial charge in [0.15, 0.2) is 5.96 Å². The number of aryl methyl sites for hydroxylation is 1. The van der Waals surface area contributed by atoms with E-state index in [1.54, 1.807) is 0 Å². The molecule has 0 spiro atoms. The normalized spacial score (nSPS) is 20.5. The van der Waals surface area contributed by atoms with Crippen molar-refractivity contribution in [1.82, 2.24) is 24.9 Å². The molecule has 0 radical (unpaired) electrons. The van der Waals surface area contributed by atoms with E-state index in [0.717, 1.165) is 43.6 Å². The molecular weight excluding hydrogens is 527 g/mol. The van der Waals surface area contributed by atoms with Gasteiger partial charge in [0.2, 0.25) is 0 Å². The minimum atomic E-state index is 0. The molecule has 2 aromatic rings. The first-order valence-electron chi connectivity index (χ1n) is 12.0. The number of halogens is 1. The highest BCUT2D eigenvalue weighted by molar-refractivity contribution is 14.0. The van der Waals surface area contributed by atoms with Crippen LogP contribution in [0, 0.1) is 5.92 Å². The van der Waals surface area contributed by atoms with Crippen molar-refractivity contribution in [3.05, 3.63) is 53.3 Å². The molecule has 2 saturated heterocycles. The molecule has 1 aromatic heterocycles. The number of rotatable bonds is 6. The van der Waals surface area contributed by atoms with E-state index in [4.69, 9.17) is 9.73 Å². The number of nitrogens with one attached hydrogen (secondary N) is 1. The van der Waals surface area contributed by atoms with Crippen molar-refractivity contribution in [2.24, 2.45) is 18.0 Å². The van der Waals surface area contributed by atoms with Crippen LogP contribution < -0.4 is 5.32 Å². The van der Waals surface area contributed by atoms with Gasteiger partial charge < -0.3 is 15.0 Å². The van der Waals surface area contributed by atoms with Gasteiger partial charge in [-0.3, -0.25) is 9.58 Å². The molecule has 0 saturated carbocycles. The van der Waals surface area contributed by atoms with Gasteiger partial charge >= 0.3 is 0 Å². The standard InChI is InChI=1S/C25H38N6O.HI/c1-4-26-25(31-12-13-32-24(19-31)23-16-28-29(3)18-23)27-15-21-6-5-7-22(14-21)17-30-10-8-20(2)9-11-30;/h5-7,14,16,18,20,24H,4,8-13,15,17,19H2,1-3H3,(H,26,27);1H. The fourth-order valence-electron chi connectivity index (χ4n) is 4.55. The highest BCUT2D eigenvalue weighted by atomic mass is 127. The van der Waals surface area contributed by atoms with Gasteiger partial charge in [0.1, 0.15) is 6.10 Å². The molecule has 2 aliphatic heterocycles. The molecule has 2 fully saturated rings. The van der Waals surface area contributed by atoms with Crippen LogP contribution in [0.4, 0.5) is 0 Å². The largest absolute Gasteiger partial charge is 0.370 e. The third-order valence-corrected chi connectivity index (χ3v) is 6.48. The zero-order valence-corrected chi connectivity index (χ0v) is 22.6. The molecule has 3 heterocycles. The number of hydrogen-bond acceptors (Lipinski definition) is 4. The highest BCUT2D eigenvalue weighted by Crippen LogP contribution is 2.22. The molecule has 4 rings (SSSR count). The number of nitrogens with zero attached hydrogens (tertiary/aromatic N) is 5. The van der Waals surface area contributed by atoms with Crippen LogP contribution in [0.25, 0.3) is 0 Å². The molecule has 1 atom stereocenters. The maximum atomic E-state index is 6.01. The second kappa shape index (κ2) is 12.7. The van der Waals surface area contributed by atoms with Gasteiger partial charge in [-0.05, 0) is 49.9 Å². The quantitative estimate of drug-likeness (QED) is 0.328. The van der Waals surface area contributed by atoms with E-state index in [1.165, 1.54) is 37.1 Å². The smallest absolute Gasteiger partial charge is 0.194 e. The number of aliphatic imine (C=N–C) groups is 1. The molecule has 1 N–H and O–H groups in total. The van der Waals surface area contributed by atoms with Crippen LogP contribution >= 0.6 is 24.0 Å². The Balaban J connectivity index is 0.00000306. The van der Waals surface area contributed by atoms with Crippen molar-refractivity contribution in [3.63, 3.8) is 0 Å². The van der Waals surface area contributed by atoms with E-state index in [1.807, 2.05) is 24.1 Å². The lowest BCUT2D eigenvalue weighted by Crippen LogP contribution is -2.48. The van der Waals surface area contributed by atoms with E-state index < -0.39 is 0 Å². The maximum Gasteiger partial charge on any atom is 0.194 e. The zero-order valence-electron chi connectivity index (χ0n) is 20.2. The number of ether oxygens (including phenoxy) is 1. The van der Waals surface area contributed by atoms with Gasteiger partial charge in [0.05, 0.1) is 25.9 Å². The van der Waals surface area contributed by atoms with Crippen LogP contribution in [0.2, 0.25) is 0 Å². The van der Waals surface area contributed by atoms with Crippen LogP contribution in [-0.4, -0.2) is 64.9 Å². The van der Waals surface area contributed by atoms with E-state index in [-0.39, 0.29) is 30.1 Å². The third-order valence-electron chi connectivity index (χ3n) is 6.48. The molecule has 0 amide bonds. The van der Waals surface area contributed by atoms with Crippen molar-refractivity contribution in [2.45, 2.75) is 45.9 Å². The maximum absolute atomic E-state index is 6.01. The van der Waals surface area contributed by atoms with Crippen LogP contribution in [0.5, 0.6) is 0 Å². The number of piperidine rings is 1. The average molecular weight is 567 g/mol. The molecule has 33 heavy (non-hydrogen) atoms. The Kier molecular flexibility index (Phi) is 10.0. The number of guanidine groups is 1. The summed E-state index contributed by atoms with van der Waals surface area (Å²) in [6.07, 6.45) is 6.59. The number of aromatic nitrogens is 2. The van der Waals surface area contributed by atoms with Crippen LogP contribution in [0.3, 0.4) is 0 Å². The molecule has 0 aliphatic carbocycles. The van der Waals surface area contributed by atoms with Gasteiger partial charge in [-0.2, -0.15) is 5.10 Å². The Labute approximate surface area is 215 Å². The van der Waals surface area contributed by atoms with Gasteiger partial charge in [0, 0.05) is 38.4 Å². The average Bonchev–Trinajstić information content (AvgIpc) is 3.25. The number of hydrogen-bond donors (Lipinski definition) is 1. The lowest BCUT2D eigenvalue weighted by atomic mass is 9.98. The molecule has 8 heteroatoms. The van der Waals surface area contributed by atoms with Crippen molar-refractivity contribution < 1.29 is 4.74 Å². The first kappa shape index (κ1) is 26.0. The Morgan fingerprint density at radius 1 is 1.21 bits per heavy atom. The fraction of sp³-hybridized carbons (Fsp3) is 0.600. The van der Waals surface area contributed by atoms with Crippen LogP contribution in [0.15, 0.2) is 41.7 Å². The molecular formula is C25H39IN6O. The summed E-state index contributed by atoms with van der Waals surface area (Å²) in [4.78, 5) is 9.87. The van der Waals surface area contributed by atoms with E-state index in [9.17, 15) is 0 Å². The van der Waals surface area contributed by atoms with E-state index >= 15 is 0 Å². The van der Waals surface area contributed by atoms with Gasteiger partial charge in [-0.1, -0.05) is 31.2 Å². The summed E-state index contributed by atoms with van der Waals surface area (Å²) in [5.74, 6) is 1.83. The predicted octanol–water partition coefficient (Wildman–Crippen LogP) is 3.81. The third kappa shape index (κ3) is 7.42. The van der Waals surface area contributed by atoms with Crippen molar-refractivity contribution >= 4 is 29.9 Å². The first-order valence-corrected chi connectivity index (χ1v) is 12.0. The fourth-order valence-corrected chi connectivity index (χ4v) is 4.55. The van der Waals surface area contributed by atoms with E-state index in [2.05, 4.69) is 58.3 Å². The SMILES string of the molecule is CCNC(=NCc1cccc(CN2CCC(C)CC2)c1)N1CCOC(c2cnn(C)c2)C1.I. The van der Waals surface area contributed by atoms with Crippen LogP contribution in [0.1, 0.15) is 49.5 Å². The Morgan fingerprint density at radius 3 is 2.73 bits per heavy atom. The summed E-state index contributed by atoms with van der Waals surface area (Å²) in [6, 6.07) is 8.93. The molecule has 182 valence electrons. The monoisotopic (exact) mass is 566 g/mol. The Bertz CT molecular complexity index is 893. The topological polar surface area (TPSA) is 57.9 Å². The van der Waals surface area contributed by atoms with E-state index in [0.29, 0.717) is 13.2 Å². The molecule has 0 bridgehead atoms. The minimum Gasteiger partial charge on any atom is -0.370 e. The zero-order chi connectivity index (χ0) is 22.3. The Morgan fingerprint density at radius 2 is 2.00 bits per heavy atom. The molecule has 1 aromatic carbocycles. The van der Waals surface area contributed by atoms with Crippen LogP contribution in [-0.2, 0) is 24.9 Å². The van der Waals surface area contributed by atoms with Crippen molar-refractivity contribution in [1.29, 1.82) is 0 Å².